The molecule has 0 unspecified atom stereocenters. The van der Waals surface area contributed by atoms with Gasteiger partial charge in [0.05, 0.1) is 12.5 Å². The van der Waals surface area contributed by atoms with Crippen molar-refractivity contribution in [1.29, 1.82) is 5.26 Å². The molecule has 1 rings (SSSR count). The van der Waals surface area contributed by atoms with Gasteiger partial charge >= 0.3 is 0 Å². The summed E-state index contributed by atoms with van der Waals surface area (Å²) < 4.78 is 0. The molecule has 0 saturated heterocycles. The van der Waals surface area contributed by atoms with Crippen LogP contribution >= 0.6 is 12.4 Å². The average molecular weight is 211 g/mol. The first-order chi connectivity index (χ1) is 6.15. The van der Waals surface area contributed by atoms with Gasteiger partial charge in [0.25, 0.3) is 0 Å². The third kappa shape index (κ3) is 3.02. The van der Waals surface area contributed by atoms with Crippen molar-refractivity contribution in [3.8, 4) is 6.07 Å². The van der Waals surface area contributed by atoms with Crippen molar-refractivity contribution in [2.45, 2.75) is 26.3 Å². The van der Waals surface area contributed by atoms with E-state index in [0.717, 1.165) is 5.56 Å². The molecule has 0 amide bonds. The molecule has 0 saturated carbocycles. The molecule has 3 heteroatoms. The average Bonchev–Trinajstić information content (AvgIpc) is 2.04. The summed E-state index contributed by atoms with van der Waals surface area (Å²) in [5.74, 6) is 0. The molecular formula is C11H15ClN2. The van der Waals surface area contributed by atoms with Crippen molar-refractivity contribution in [2.75, 3.05) is 0 Å². The molecule has 2 N–H and O–H groups in total. The Labute approximate surface area is 91.1 Å². The third-order valence-electron chi connectivity index (χ3n) is 2.14. The number of aryl methyl sites for hydroxylation is 2. The maximum Gasteiger partial charge on any atom is 0.0641 e. The fraction of sp³-hybridized carbons (Fsp3) is 0.364. The molecule has 0 aromatic heterocycles. The van der Waals surface area contributed by atoms with E-state index in [1.807, 2.05) is 26.0 Å². The number of hydrogen-bond donors (Lipinski definition) is 1. The van der Waals surface area contributed by atoms with Crippen molar-refractivity contribution in [3.63, 3.8) is 0 Å². The van der Waals surface area contributed by atoms with Gasteiger partial charge in [-0.25, -0.2) is 0 Å². The Morgan fingerprint density at radius 2 is 2.07 bits per heavy atom. The number of nitrogens with two attached hydrogens (primary N) is 1. The van der Waals surface area contributed by atoms with Gasteiger partial charge in [-0.05, 0) is 25.0 Å². The van der Waals surface area contributed by atoms with E-state index in [2.05, 4.69) is 12.1 Å². The monoisotopic (exact) mass is 210 g/mol. The minimum atomic E-state index is -0.148. The molecule has 0 bridgehead atoms. The lowest BCUT2D eigenvalue weighted by Crippen LogP contribution is -2.10. The zero-order valence-electron chi connectivity index (χ0n) is 8.45. The fourth-order valence-electron chi connectivity index (χ4n) is 1.45. The van der Waals surface area contributed by atoms with Crippen molar-refractivity contribution in [1.82, 2.24) is 0 Å². The van der Waals surface area contributed by atoms with Crippen LogP contribution in [0, 0.1) is 25.2 Å². The summed E-state index contributed by atoms with van der Waals surface area (Å²) in [4.78, 5) is 0. The smallest absolute Gasteiger partial charge is 0.0641 e. The molecule has 2 nitrogen and oxygen atoms in total. The molecule has 1 atom stereocenters. The number of hydrogen-bond acceptors (Lipinski definition) is 2. The first-order valence-corrected chi connectivity index (χ1v) is 4.35. The summed E-state index contributed by atoms with van der Waals surface area (Å²) in [6.45, 7) is 4.08. The van der Waals surface area contributed by atoms with E-state index in [1.54, 1.807) is 0 Å². The molecule has 76 valence electrons. The van der Waals surface area contributed by atoms with Gasteiger partial charge < -0.3 is 5.73 Å². The molecule has 0 aliphatic rings. The van der Waals surface area contributed by atoms with E-state index in [-0.39, 0.29) is 18.4 Å². The van der Waals surface area contributed by atoms with Crippen LogP contribution in [0.1, 0.15) is 29.2 Å². The Bertz CT molecular complexity index is 342. The summed E-state index contributed by atoms with van der Waals surface area (Å²) >= 11 is 0. The number of benzene rings is 1. The summed E-state index contributed by atoms with van der Waals surface area (Å²) in [6, 6.07) is 8.06. The van der Waals surface area contributed by atoms with E-state index < -0.39 is 0 Å². The van der Waals surface area contributed by atoms with Gasteiger partial charge in [0, 0.05) is 6.04 Å². The highest BCUT2D eigenvalue weighted by Gasteiger charge is 2.07. The van der Waals surface area contributed by atoms with Crippen molar-refractivity contribution in [3.05, 3.63) is 34.9 Å². The van der Waals surface area contributed by atoms with Crippen LogP contribution in [0.2, 0.25) is 0 Å². The highest BCUT2D eigenvalue weighted by atomic mass is 35.5. The predicted molar refractivity (Wildman–Crippen MR) is 60.3 cm³/mol. The zero-order valence-corrected chi connectivity index (χ0v) is 9.27. The van der Waals surface area contributed by atoms with Gasteiger partial charge in [-0.3, -0.25) is 0 Å². The van der Waals surface area contributed by atoms with Gasteiger partial charge in [-0.1, -0.05) is 23.8 Å². The minimum Gasteiger partial charge on any atom is -0.323 e. The molecular weight excluding hydrogens is 196 g/mol. The van der Waals surface area contributed by atoms with Crippen molar-refractivity contribution < 1.29 is 0 Å². The van der Waals surface area contributed by atoms with Crippen molar-refractivity contribution in [2.24, 2.45) is 5.73 Å². The second-order valence-electron chi connectivity index (χ2n) is 3.33. The van der Waals surface area contributed by atoms with E-state index in [9.17, 15) is 0 Å². The van der Waals surface area contributed by atoms with Crippen LogP contribution in [0.25, 0.3) is 0 Å². The van der Waals surface area contributed by atoms with Gasteiger partial charge in [0.15, 0.2) is 0 Å². The van der Waals surface area contributed by atoms with Gasteiger partial charge in [-0.15, -0.1) is 12.4 Å². The number of rotatable bonds is 2. The highest BCUT2D eigenvalue weighted by molar-refractivity contribution is 5.85. The second-order valence-corrected chi connectivity index (χ2v) is 3.33. The van der Waals surface area contributed by atoms with Crippen LogP contribution in [-0.4, -0.2) is 0 Å². The molecule has 0 aliphatic carbocycles. The quantitative estimate of drug-likeness (QED) is 0.816. The molecule has 1 aromatic rings. The van der Waals surface area contributed by atoms with Gasteiger partial charge in [-0.2, -0.15) is 5.26 Å². The Morgan fingerprint density at radius 1 is 1.43 bits per heavy atom. The summed E-state index contributed by atoms with van der Waals surface area (Å²) in [7, 11) is 0. The SMILES string of the molecule is Cc1ccc([C@@H](N)CC#N)c(C)c1.Cl. The van der Waals surface area contributed by atoms with Crippen LogP contribution in [0.3, 0.4) is 0 Å². The normalized spacial score (nSPS) is 11.3. The second kappa shape index (κ2) is 5.64. The number of nitrogens with zero attached hydrogens (tertiary/aromatic N) is 1. The fourth-order valence-corrected chi connectivity index (χ4v) is 1.45. The number of nitriles is 1. The summed E-state index contributed by atoms with van der Waals surface area (Å²) in [5.41, 5.74) is 9.31. The van der Waals surface area contributed by atoms with Gasteiger partial charge in [0.2, 0.25) is 0 Å². The number of halogens is 1. The third-order valence-corrected chi connectivity index (χ3v) is 2.14. The molecule has 0 spiro atoms. The largest absolute Gasteiger partial charge is 0.323 e. The lowest BCUT2D eigenvalue weighted by atomic mass is 9.98. The molecule has 0 fully saturated rings. The highest BCUT2D eigenvalue weighted by Crippen LogP contribution is 2.18. The van der Waals surface area contributed by atoms with E-state index in [1.165, 1.54) is 11.1 Å². The first-order valence-electron chi connectivity index (χ1n) is 4.35. The summed E-state index contributed by atoms with van der Waals surface area (Å²) in [5, 5.41) is 8.51. The molecule has 0 heterocycles. The Hall–Kier alpha value is -1.04. The van der Waals surface area contributed by atoms with Crippen LogP contribution in [0.15, 0.2) is 18.2 Å². The first kappa shape index (κ1) is 13.0. The Kier molecular flexibility index (Phi) is 5.22. The molecule has 0 radical (unpaired) electrons. The zero-order chi connectivity index (χ0) is 9.84. The predicted octanol–water partition coefficient (Wildman–Crippen LogP) is 2.64. The Morgan fingerprint density at radius 3 is 2.57 bits per heavy atom. The van der Waals surface area contributed by atoms with Crippen molar-refractivity contribution >= 4 is 12.4 Å². The van der Waals surface area contributed by atoms with Crippen LogP contribution in [0.5, 0.6) is 0 Å². The lowest BCUT2D eigenvalue weighted by molar-refractivity contribution is 0.742. The van der Waals surface area contributed by atoms with Crippen LogP contribution < -0.4 is 5.73 Å². The summed E-state index contributed by atoms with van der Waals surface area (Å²) in [6.07, 6.45) is 0.379. The maximum atomic E-state index is 8.51. The lowest BCUT2D eigenvalue weighted by Gasteiger charge is -2.11. The topological polar surface area (TPSA) is 49.8 Å². The Balaban J connectivity index is 0.00000169. The maximum absolute atomic E-state index is 8.51. The van der Waals surface area contributed by atoms with E-state index in [0.29, 0.717) is 6.42 Å². The minimum absolute atomic E-state index is 0. The molecule has 1 aromatic carbocycles. The molecule has 0 aliphatic heterocycles. The van der Waals surface area contributed by atoms with E-state index in [4.69, 9.17) is 11.0 Å². The van der Waals surface area contributed by atoms with Crippen LogP contribution in [-0.2, 0) is 0 Å². The van der Waals surface area contributed by atoms with Crippen LogP contribution in [0.4, 0.5) is 0 Å². The molecule has 14 heavy (non-hydrogen) atoms. The standard InChI is InChI=1S/C11H14N2.ClH/c1-8-3-4-10(9(2)7-8)11(13)5-6-12;/h3-4,7,11H,5,13H2,1-2H3;1H/t11-;/m0./s1. The van der Waals surface area contributed by atoms with E-state index >= 15 is 0 Å². The van der Waals surface area contributed by atoms with Gasteiger partial charge in [0.1, 0.15) is 0 Å².